The van der Waals surface area contributed by atoms with E-state index in [1.807, 2.05) is 4.90 Å². The summed E-state index contributed by atoms with van der Waals surface area (Å²) in [7, 11) is 0. The number of rotatable bonds is 1. The van der Waals surface area contributed by atoms with Crippen molar-refractivity contribution in [3.8, 4) is 0 Å². The average molecular weight is 230 g/mol. The van der Waals surface area contributed by atoms with Crippen LogP contribution in [0.4, 0.5) is 10.2 Å². The Morgan fingerprint density at radius 2 is 1.87 bits per heavy atom. The van der Waals surface area contributed by atoms with Crippen molar-refractivity contribution in [1.82, 2.24) is 9.97 Å². The van der Waals surface area contributed by atoms with E-state index in [9.17, 15) is 4.39 Å². The van der Waals surface area contributed by atoms with Crippen molar-refractivity contribution >= 4 is 17.4 Å². The summed E-state index contributed by atoms with van der Waals surface area (Å²) in [5.74, 6) is 0.00787. The van der Waals surface area contributed by atoms with Crippen LogP contribution in [0, 0.1) is 12.7 Å². The number of aryl methyl sites for hydroxylation is 1. The summed E-state index contributed by atoms with van der Waals surface area (Å²) in [4.78, 5) is 9.69. The second kappa shape index (κ2) is 4.31. The summed E-state index contributed by atoms with van der Waals surface area (Å²) in [5.41, 5.74) is 0.315. The second-order valence-electron chi connectivity index (χ2n) is 3.76. The summed E-state index contributed by atoms with van der Waals surface area (Å²) in [6.07, 6.45) is 3.37. The van der Waals surface area contributed by atoms with E-state index < -0.39 is 0 Å². The van der Waals surface area contributed by atoms with E-state index >= 15 is 0 Å². The Morgan fingerprint density at radius 3 is 2.53 bits per heavy atom. The van der Waals surface area contributed by atoms with Gasteiger partial charge in [-0.3, -0.25) is 0 Å². The molecular formula is C10H13ClFN3. The average Bonchev–Trinajstić information content (AvgIpc) is 2.24. The third kappa shape index (κ3) is 2.20. The smallest absolute Gasteiger partial charge is 0.224 e. The molecular weight excluding hydrogens is 217 g/mol. The standard InChI is InChI=1S/C10H13ClFN3/c1-7-8(12)9(14-10(11)13-7)15-5-3-2-4-6-15/h2-6H2,1H3. The number of aromatic nitrogens is 2. The molecule has 0 spiro atoms. The van der Waals surface area contributed by atoms with E-state index in [2.05, 4.69) is 9.97 Å². The Hall–Kier alpha value is -0.900. The van der Waals surface area contributed by atoms with Crippen LogP contribution < -0.4 is 4.90 Å². The Kier molecular flexibility index (Phi) is 3.05. The van der Waals surface area contributed by atoms with E-state index in [1.54, 1.807) is 6.92 Å². The molecule has 2 heterocycles. The molecule has 0 unspecified atom stereocenters. The topological polar surface area (TPSA) is 29.0 Å². The SMILES string of the molecule is Cc1nc(Cl)nc(N2CCCCC2)c1F. The van der Waals surface area contributed by atoms with Gasteiger partial charge in [0.05, 0.1) is 5.69 Å². The maximum atomic E-state index is 13.7. The Labute approximate surface area is 93.3 Å². The molecule has 0 bridgehead atoms. The van der Waals surface area contributed by atoms with Crippen LogP contribution in [-0.2, 0) is 0 Å². The maximum Gasteiger partial charge on any atom is 0.224 e. The van der Waals surface area contributed by atoms with E-state index in [-0.39, 0.29) is 11.1 Å². The molecule has 1 fully saturated rings. The summed E-state index contributed by atoms with van der Waals surface area (Å²) < 4.78 is 13.7. The predicted octanol–water partition coefficient (Wildman–Crippen LogP) is 2.57. The highest BCUT2D eigenvalue weighted by molar-refractivity contribution is 6.28. The van der Waals surface area contributed by atoms with Crippen molar-refractivity contribution in [2.45, 2.75) is 26.2 Å². The lowest BCUT2D eigenvalue weighted by Gasteiger charge is -2.28. The Bertz CT molecular complexity index is 364. The largest absolute Gasteiger partial charge is 0.354 e. The van der Waals surface area contributed by atoms with E-state index in [1.165, 1.54) is 6.42 Å². The van der Waals surface area contributed by atoms with Crippen molar-refractivity contribution in [3.05, 3.63) is 16.8 Å². The molecule has 5 heteroatoms. The van der Waals surface area contributed by atoms with Crippen LogP contribution in [0.3, 0.4) is 0 Å². The van der Waals surface area contributed by atoms with Gasteiger partial charge in [-0.05, 0) is 37.8 Å². The zero-order valence-corrected chi connectivity index (χ0v) is 9.39. The normalized spacial score (nSPS) is 16.9. The molecule has 0 amide bonds. The fraction of sp³-hybridized carbons (Fsp3) is 0.600. The molecule has 0 radical (unpaired) electrons. The van der Waals surface area contributed by atoms with E-state index in [0.29, 0.717) is 11.5 Å². The first kappa shape index (κ1) is 10.6. The minimum atomic E-state index is -0.346. The van der Waals surface area contributed by atoms with Gasteiger partial charge >= 0.3 is 0 Å². The van der Waals surface area contributed by atoms with E-state index in [0.717, 1.165) is 25.9 Å². The van der Waals surface area contributed by atoms with Gasteiger partial charge in [0.15, 0.2) is 11.6 Å². The molecule has 1 aromatic rings. The van der Waals surface area contributed by atoms with E-state index in [4.69, 9.17) is 11.6 Å². The minimum Gasteiger partial charge on any atom is -0.354 e. The van der Waals surface area contributed by atoms with Crippen molar-refractivity contribution in [3.63, 3.8) is 0 Å². The van der Waals surface area contributed by atoms with Crippen LogP contribution in [0.5, 0.6) is 0 Å². The molecule has 0 atom stereocenters. The van der Waals surface area contributed by atoms with Crippen LogP contribution >= 0.6 is 11.6 Å². The number of nitrogens with zero attached hydrogens (tertiary/aromatic N) is 3. The molecule has 0 N–H and O–H groups in total. The lowest BCUT2D eigenvalue weighted by atomic mass is 10.1. The van der Waals surface area contributed by atoms with Crippen molar-refractivity contribution in [1.29, 1.82) is 0 Å². The van der Waals surface area contributed by atoms with Gasteiger partial charge in [-0.25, -0.2) is 9.37 Å². The molecule has 1 aromatic heterocycles. The van der Waals surface area contributed by atoms with Crippen molar-refractivity contribution in [2.24, 2.45) is 0 Å². The molecule has 1 aliphatic rings. The maximum absolute atomic E-state index is 13.7. The number of anilines is 1. The van der Waals surface area contributed by atoms with Crippen molar-refractivity contribution in [2.75, 3.05) is 18.0 Å². The quantitative estimate of drug-likeness (QED) is 0.693. The summed E-state index contributed by atoms with van der Waals surface area (Å²) in [6.45, 7) is 3.31. The molecule has 2 rings (SSSR count). The zero-order chi connectivity index (χ0) is 10.8. The molecule has 0 aliphatic carbocycles. The summed E-state index contributed by atoms with van der Waals surface area (Å²) in [5, 5.41) is 0.120. The third-order valence-corrected chi connectivity index (χ3v) is 2.80. The summed E-state index contributed by atoms with van der Waals surface area (Å²) in [6, 6.07) is 0. The molecule has 15 heavy (non-hydrogen) atoms. The van der Waals surface area contributed by atoms with Gasteiger partial charge in [0.2, 0.25) is 5.28 Å². The number of halogens is 2. The van der Waals surface area contributed by atoms with Gasteiger partial charge in [-0.2, -0.15) is 4.98 Å². The van der Waals surface area contributed by atoms with Crippen LogP contribution in [0.15, 0.2) is 0 Å². The highest BCUT2D eigenvalue weighted by atomic mass is 35.5. The Morgan fingerprint density at radius 1 is 1.20 bits per heavy atom. The van der Waals surface area contributed by atoms with Crippen molar-refractivity contribution < 1.29 is 4.39 Å². The van der Waals surface area contributed by atoms with Gasteiger partial charge < -0.3 is 4.90 Å². The zero-order valence-electron chi connectivity index (χ0n) is 8.63. The summed E-state index contributed by atoms with van der Waals surface area (Å²) >= 11 is 5.73. The number of hydrogen-bond donors (Lipinski definition) is 0. The molecule has 3 nitrogen and oxygen atoms in total. The predicted molar refractivity (Wildman–Crippen MR) is 57.8 cm³/mol. The first-order valence-corrected chi connectivity index (χ1v) is 5.51. The number of hydrogen-bond acceptors (Lipinski definition) is 3. The molecule has 1 saturated heterocycles. The van der Waals surface area contributed by atoms with Crippen LogP contribution in [-0.4, -0.2) is 23.1 Å². The van der Waals surface area contributed by atoms with Crippen LogP contribution in [0.1, 0.15) is 25.0 Å². The van der Waals surface area contributed by atoms with Gasteiger partial charge in [0, 0.05) is 13.1 Å². The molecule has 1 aliphatic heterocycles. The first-order chi connectivity index (χ1) is 7.18. The molecule has 82 valence electrons. The molecule has 0 aromatic carbocycles. The van der Waals surface area contributed by atoms with Crippen LogP contribution in [0.25, 0.3) is 0 Å². The van der Waals surface area contributed by atoms with Crippen LogP contribution in [0.2, 0.25) is 5.28 Å². The first-order valence-electron chi connectivity index (χ1n) is 5.13. The number of piperidine rings is 1. The fourth-order valence-corrected chi connectivity index (χ4v) is 2.03. The van der Waals surface area contributed by atoms with Gasteiger partial charge in [-0.1, -0.05) is 0 Å². The minimum absolute atomic E-state index is 0.120. The molecule has 0 saturated carbocycles. The lowest BCUT2D eigenvalue weighted by Crippen LogP contribution is -2.31. The lowest BCUT2D eigenvalue weighted by molar-refractivity contribution is 0.543. The van der Waals surface area contributed by atoms with Gasteiger partial charge in [0.25, 0.3) is 0 Å². The fourth-order valence-electron chi connectivity index (χ4n) is 1.83. The monoisotopic (exact) mass is 229 g/mol. The second-order valence-corrected chi connectivity index (χ2v) is 4.10. The highest BCUT2D eigenvalue weighted by Gasteiger charge is 2.19. The Balaban J connectivity index is 2.33. The van der Waals surface area contributed by atoms with Gasteiger partial charge in [0.1, 0.15) is 0 Å². The van der Waals surface area contributed by atoms with Gasteiger partial charge in [-0.15, -0.1) is 0 Å². The third-order valence-electron chi connectivity index (χ3n) is 2.63. The highest BCUT2D eigenvalue weighted by Crippen LogP contribution is 2.23.